The average Bonchev–Trinajstić information content (AvgIpc) is 2.31. The minimum Gasteiger partial charge on any atom is -0.742 e. The average molecular weight is 453 g/mol. The van der Waals surface area contributed by atoms with Crippen molar-refractivity contribution in [3.63, 3.8) is 0 Å². The van der Waals surface area contributed by atoms with Crippen LogP contribution in [-0.2, 0) is 44.4 Å². The molecule has 0 bridgehead atoms. The normalized spacial score (nSPS) is 7.77. The zero-order valence-electron chi connectivity index (χ0n) is 6.91. The number of rotatable bonds is 3. The van der Waals surface area contributed by atoms with Gasteiger partial charge in [0.1, 0.15) is 12.0 Å². The van der Waals surface area contributed by atoms with Crippen LogP contribution in [0.1, 0.15) is 0 Å². The molecule has 13 heavy (non-hydrogen) atoms. The molecule has 1 rings (SSSR count). The predicted octanol–water partition coefficient (Wildman–Crippen LogP) is -2.96. The van der Waals surface area contributed by atoms with Crippen LogP contribution in [0.25, 0.3) is 0 Å². The monoisotopic (exact) mass is 453 g/mol. The van der Waals surface area contributed by atoms with E-state index in [0.717, 1.165) is 0 Å². The molecule has 1 heterocycles. The summed E-state index contributed by atoms with van der Waals surface area (Å²) in [6, 6.07) is 3.15. The maximum absolute atomic E-state index is 9.30. The number of hydrogen-bond donors (Lipinski definition) is 0. The Balaban J connectivity index is -0.000000333. The van der Waals surface area contributed by atoms with Crippen molar-refractivity contribution in [2.24, 2.45) is 0 Å². The van der Waals surface area contributed by atoms with Crippen molar-refractivity contribution >= 4 is 76.1 Å². The SMILES string of the molecule is [Au+].[K+].[K].[O-]OOSc1ccc([S-])o1. The molecule has 0 aliphatic carbocycles. The van der Waals surface area contributed by atoms with E-state index in [9.17, 15) is 5.26 Å². The van der Waals surface area contributed by atoms with E-state index in [4.69, 9.17) is 4.42 Å². The van der Waals surface area contributed by atoms with Gasteiger partial charge in [-0.2, -0.15) is 4.33 Å². The minimum absolute atomic E-state index is 0. The molecule has 0 N–H and O–H groups in total. The van der Waals surface area contributed by atoms with E-state index < -0.39 is 0 Å². The molecule has 4 nitrogen and oxygen atoms in total. The Bertz CT molecular complexity index is 212. The second-order valence-electron chi connectivity index (χ2n) is 1.29. The van der Waals surface area contributed by atoms with Gasteiger partial charge in [0.05, 0.1) is 0 Å². The minimum atomic E-state index is 0. The predicted molar refractivity (Wildman–Crippen MR) is 38.1 cm³/mol. The third-order valence-corrected chi connectivity index (χ3v) is 1.43. The second kappa shape index (κ2) is 13.8. The van der Waals surface area contributed by atoms with Gasteiger partial charge in [0.2, 0.25) is 0 Å². The summed E-state index contributed by atoms with van der Waals surface area (Å²) in [5, 5.41) is 13.1. The van der Waals surface area contributed by atoms with Crippen molar-refractivity contribution in [1.29, 1.82) is 0 Å². The standard InChI is InChI=1S/C4H4O4S2.Au.2K/c5-7-8-10-4-2-1-3(9)6-4;;;/h1-2,5,9H;;;/q;+1;;+1/p-2. The first-order valence-corrected chi connectivity index (χ1v) is 3.38. The fraction of sp³-hybridized carbons (Fsp3) is 0. The fourth-order valence-electron chi connectivity index (χ4n) is 0.395. The first-order valence-electron chi connectivity index (χ1n) is 2.23. The van der Waals surface area contributed by atoms with Gasteiger partial charge in [0.25, 0.3) is 0 Å². The van der Waals surface area contributed by atoms with Gasteiger partial charge in [0.15, 0.2) is 5.09 Å². The van der Waals surface area contributed by atoms with Crippen molar-refractivity contribution in [3.05, 3.63) is 12.1 Å². The summed E-state index contributed by atoms with van der Waals surface area (Å²) in [5.41, 5.74) is 0. The third-order valence-electron chi connectivity index (χ3n) is 0.701. The van der Waals surface area contributed by atoms with Crippen LogP contribution in [0.3, 0.4) is 0 Å². The largest absolute Gasteiger partial charge is 1.00 e. The summed E-state index contributed by atoms with van der Waals surface area (Å²) in [6.45, 7) is 0. The second-order valence-corrected chi connectivity index (χ2v) is 2.40. The van der Waals surface area contributed by atoms with Crippen LogP contribution in [0.4, 0.5) is 0 Å². The smallest absolute Gasteiger partial charge is 0.742 e. The van der Waals surface area contributed by atoms with Crippen molar-refractivity contribution in [1.82, 2.24) is 0 Å². The van der Waals surface area contributed by atoms with Gasteiger partial charge in [-0.3, -0.25) is 5.04 Å². The Morgan fingerprint density at radius 1 is 1.46 bits per heavy atom. The van der Waals surface area contributed by atoms with E-state index >= 15 is 0 Å². The van der Waals surface area contributed by atoms with Gasteiger partial charge in [0, 0.05) is 51.4 Å². The molecule has 0 saturated carbocycles. The summed E-state index contributed by atoms with van der Waals surface area (Å²) >= 11 is 5.30. The van der Waals surface area contributed by atoms with Gasteiger partial charge in [-0.05, 0) is 17.2 Å². The summed E-state index contributed by atoms with van der Waals surface area (Å²) in [6.07, 6.45) is 0. The van der Waals surface area contributed by atoms with Crippen LogP contribution in [-0.4, -0.2) is 51.4 Å². The van der Waals surface area contributed by atoms with E-state index in [1.54, 1.807) is 12.1 Å². The molecule has 0 aliphatic rings. The fourth-order valence-corrected chi connectivity index (χ4v) is 0.948. The Morgan fingerprint density at radius 3 is 2.46 bits per heavy atom. The van der Waals surface area contributed by atoms with Crippen molar-refractivity contribution in [2.45, 2.75) is 10.2 Å². The molecule has 0 aromatic carbocycles. The van der Waals surface area contributed by atoms with Crippen LogP contribution in [0.15, 0.2) is 26.7 Å². The Labute approximate surface area is 186 Å². The van der Waals surface area contributed by atoms with Crippen LogP contribution in [0.5, 0.6) is 0 Å². The molecule has 0 unspecified atom stereocenters. The quantitative estimate of drug-likeness (QED) is 0.160. The number of hydrogen-bond acceptors (Lipinski definition) is 6. The van der Waals surface area contributed by atoms with Gasteiger partial charge in [-0.1, -0.05) is 0 Å². The van der Waals surface area contributed by atoms with Crippen molar-refractivity contribution in [3.8, 4) is 0 Å². The zero-order valence-corrected chi connectivity index (χ0v) is 17.0. The Morgan fingerprint density at radius 2 is 2.08 bits per heavy atom. The van der Waals surface area contributed by atoms with E-state index in [1.807, 2.05) is 0 Å². The van der Waals surface area contributed by atoms with E-state index in [-0.39, 0.29) is 125 Å². The van der Waals surface area contributed by atoms with Crippen LogP contribution >= 0.6 is 12.0 Å². The van der Waals surface area contributed by atoms with Gasteiger partial charge >= 0.3 is 73.8 Å². The third kappa shape index (κ3) is 10.6. The van der Waals surface area contributed by atoms with Crippen LogP contribution in [0, 0.1) is 0 Å². The zero-order chi connectivity index (χ0) is 7.40. The summed E-state index contributed by atoms with van der Waals surface area (Å²) in [7, 11) is 0. The maximum atomic E-state index is 9.30. The van der Waals surface area contributed by atoms with Gasteiger partial charge in [-0.25, -0.2) is 0 Å². The van der Waals surface area contributed by atoms with E-state index in [0.29, 0.717) is 22.2 Å². The first kappa shape index (κ1) is 22.0. The molecule has 0 atom stereocenters. The van der Waals surface area contributed by atoms with E-state index in [2.05, 4.69) is 22.0 Å². The molecular weight excluding hydrogens is 451 g/mol. The summed E-state index contributed by atoms with van der Waals surface area (Å²) in [4.78, 5) is 0. The topological polar surface area (TPSA) is 54.7 Å². The molecule has 0 saturated heterocycles. The molecule has 0 fully saturated rings. The van der Waals surface area contributed by atoms with Gasteiger partial charge < -0.3 is 22.3 Å². The molecule has 1 aromatic rings. The molecule has 1 radical (unpaired) electrons. The number of furan rings is 1. The molecular formula is C4H2AuK2O4S2. The Hall–Kier alpha value is 3.74. The maximum Gasteiger partial charge on any atom is 1.00 e. The van der Waals surface area contributed by atoms with Gasteiger partial charge in [-0.15, -0.1) is 0 Å². The molecule has 1 aromatic heterocycles. The Kier molecular flexibility index (Phi) is 23.3. The van der Waals surface area contributed by atoms with Crippen LogP contribution in [0.2, 0.25) is 0 Å². The first-order chi connectivity index (χ1) is 4.83. The van der Waals surface area contributed by atoms with Crippen molar-refractivity contribution in [2.75, 3.05) is 0 Å². The molecule has 0 aliphatic heterocycles. The molecule has 67 valence electrons. The molecule has 0 spiro atoms. The molecule has 0 amide bonds. The van der Waals surface area contributed by atoms with Crippen LogP contribution < -0.4 is 56.6 Å². The van der Waals surface area contributed by atoms with Crippen molar-refractivity contribution < 1.29 is 92.8 Å². The summed E-state index contributed by atoms with van der Waals surface area (Å²) < 4.78 is 8.77. The summed E-state index contributed by atoms with van der Waals surface area (Å²) in [5.74, 6) is 0. The molecule has 9 heteroatoms. The van der Waals surface area contributed by atoms with E-state index in [1.165, 1.54) is 0 Å².